The number of urea groups is 1. The van der Waals surface area contributed by atoms with Crippen molar-refractivity contribution in [3.05, 3.63) is 40.9 Å². The van der Waals surface area contributed by atoms with E-state index in [1.165, 1.54) is 11.3 Å². The van der Waals surface area contributed by atoms with Crippen LogP contribution in [0.5, 0.6) is 0 Å². The van der Waals surface area contributed by atoms with Gasteiger partial charge >= 0.3 is 6.03 Å². The highest BCUT2D eigenvalue weighted by molar-refractivity contribution is 7.14. The van der Waals surface area contributed by atoms with Crippen molar-refractivity contribution in [2.75, 3.05) is 18.4 Å². The molecule has 0 spiro atoms. The van der Waals surface area contributed by atoms with Crippen LogP contribution in [0, 0.1) is 0 Å². The molecule has 8 heteroatoms. The zero-order valence-corrected chi connectivity index (χ0v) is 14.5. The van der Waals surface area contributed by atoms with Gasteiger partial charge in [-0.1, -0.05) is 11.2 Å². The van der Waals surface area contributed by atoms with Gasteiger partial charge in [-0.3, -0.25) is 5.32 Å². The number of hydrogen-bond donors (Lipinski definition) is 1. The van der Waals surface area contributed by atoms with E-state index in [9.17, 15) is 4.79 Å². The Hall–Kier alpha value is -2.19. The lowest BCUT2D eigenvalue weighted by Crippen LogP contribution is -2.40. The van der Waals surface area contributed by atoms with Gasteiger partial charge in [-0.25, -0.2) is 4.79 Å². The Morgan fingerprint density at radius 2 is 2.00 bits per heavy atom. The Labute approximate surface area is 147 Å². The number of nitrogens with zero attached hydrogens (tertiary/aromatic N) is 3. The summed E-state index contributed by atoms with van der Waals surface area (Å²) in [5, 5.41) is 11.8. The summed E-state index contributed by atoms with van der Waals surface area (Å²) >= 11 is 3.12. The summed E-state index contributed by atoms with van der Waals surface area (Å²) in [5.74, 6) is 1.55. The van der Waals surface area contributed by atoms with E-state index in [1.807, 2.05) is 39.9 Å². The fraction of sp³-hybridized carbons (Fsp3) is 0.312. The zero-order valence-electron chi connectivity index (χ0n) is 12.8. The number of amides is 2. The summed E-state index contributed by atoms with van der Waals surface area (Å²) in [4.78, 5) is 19.6. The molecule has 3 aromatic rings. The molecule has 6 nitrogen and oxygen atoms in total. The molecule has 1 N–H and O–H groups in total. The van der Waals surface area contributed by atoms with Crippen LogP contribution in [0.3, 0.4) is 0 Å². The maximum atomic E-state index is 12.2. The van der Waals surface area contributed by atoms with E-state index in [4.69, 9.17) is 4.52 Å². The Bertz CT molecular complexity index is 790. The number of aromatic nitrogens is 2. The molecule has 3 aromatic heterocycles. The van der Waals surface area contributed by atoms with Gasteiger partial charge in [-0.15, -0.1) is 22.7 Å². The first-order valence-electron chi connectivity index (χ1n) is 7.76. The number of nitrogens with one attached hydrogen (secondary N) is 1. The van der Waals surface area contributed by atoms with Crippen LogP contribution in [0.15, 0.2) is 39.5 Å². The van der Waals surface area contributed by atoms with Gasteiger partial charge in [0.05, 0.1) is 9.88 Å². The van der Waals surface area contributed by atoms with Crippen LogP contribution in [-0.2, 0) is 0 Å². The smallest absolute Gasteiger partial charge is 0.322 e. The van der Waals surface area contributed by atoms with Crippen LogP contribution in [-0.4, -0.2) is 34.2 Å². The summed E-state index contributed by atoms with van der Waals surface area (Å²) in [6, 6.07) is 7.74. The average Bonchev–Trinajstić information content (AvgIpc) is 3.36. The number of carbonyl (C=O) groups excluding carboxylic acids is 1. The van der Waals surface area contributed by atoms with Crippen molar-refractivity contribution in [2.24, 2.45) is 0 Å². The quantitative estimate of drug-likeness (QED) is 0.757. The Kier molecular flexibility index (Phi) is 4.31. The summed E-state index contributed by atoms with van der Waals surface area (Å²) < 4.78 is 5.44. The second-order valence-electron chi connectivity index (χ2n) is 5.60. The Morgan fingerprint density at radius 3 is 2.71 bits per heavy atom. The molecule has 0 unspecified atom stereocenters. The molecule has 0 aliphatic carbocycles. The first-order chi connectivity index (χ1) is 11.8. The van der Waals surface area contributed by atoms with E-state index >= 15 is 0 Å². The molecule has 1 fully saturated rings. The minimum absolute atomic E-state index is 0.0410. The fourth-order valence-electron chi connectivity index (χ4n) is 2.77. The lowest BCUT2D eigenvalue weighted by atomic mass is 9.97. The topological polar surface area (TPSA) is 71.3 Å². The minimum atomic E-state index is -0.0410. The molecule has 0 bridgehead atoms. The van der Waals surface area contributed by atoms with Crippen molar-refractivity contribution in [3.63, 3.8) is 0 Å². The largest absolute Gasteiger partial charge is 0.339 e. The second kappa shape index (κ2) is 6.74. The van der Waals surface area contributed by atoms with Crippen LogP contribution in [0.4, 0.5) is 9.80 Å². The number of anilines is 1. The summed E-state index contributed by atoms with van der Waals surface area (Å²) in [6.45, 7) is 1.39. The average molecular weight is 360 g/mol. The van der Waals surface area contributed by atoms with Crippen molar-refractivity contribution < 1.29 is 9.32 Å². The molecule has 24 heavy (non-hydrogen) atoms. The molecule has 0 radical (unpaired) electrons. The first-order valence-corrected chi connectivity index (χ1v) is 9.52. The predicted molar refractivity (Wildman–Crippen MR) is 94.5 cm³/mol. The van der Waals surface area contributed by atoms with Gasteiger partial charge in [0.25, 0.3) is 0 Å². The molecule has 4 rings (SSSR count). The normalized spacial score (nSPS) is 15.6. The van der Waals surface area contributed by atoms with Gasteiger partial charge in [0.15, 0.2) is 0 Å². The van der Waals surface area contributed by atoms with Gasteiger partial charge in [0, 0.05) is 19.0 Å². The molecule has 1 aliphatic heterocycles. The number of hydrogen-bond acceptors (Lipinski definition) is 6. The molecule has 1 saturated heterocycles. The maximum absolute atomic E-state index is 12.2. The Balaban J connectivity index is 1.35. The lowest BCUT2D eigenvalue weighted by molar-refractivity contribution is 0.187. The highest BCUT2D eigenvalue weighted by Crippen LogP contribution is 2.30. The number of thiophene rings is 2. The number of piperidine rings is 1. The van der Waals surface area contributed by atoms with Gasteiger partial charge in [-0.2, -0.15) is 4.98 Å². The van der Waals surface area contributed by atoms with Crippen molar-refractivity contribution >= 4 is 33.7 Å². The molecule has 0 aromatic carbocycles. The van der Waals surface area contributed by atoms with Gasteiger partial charge < -0.3 is 9.42 Å². The molecule has 0 saturated carbocycles. The van der Waals surface area contributed by atoms with Crippen molar-refractivity contribution in [1.29, 1.82) is 0 Å². The minimum Gasteiger partial charge on any atom is -0.339 e. The molecule has 124 valence electrons. The highest BCUT2D eigenvalue weighted by atomic mass is 32.1. The highest BCUT2D eigenvalue weighted by Gasteiger charge is 2.27. The summed E-state index contributed by atoms with van der Waals surface area (Å²) in [6.07, 6.45) is 1.67. The first kappa shape index (κ1) is 15.3. The molecule has 2 amide bonds. The fourth-order valence-corrected chi connectivity index (χ4v) is 4.03. The van der Waals surface area contributed by atoms with Crippen LogP contribution >= 0.6 is 22.7 Å². The third-order valence-corrected chi connectivity index (χ3v) is 5.72. The van der Waals surface area contributed by atoms with Crippen molar-refractivity contribution in [3.8, 4) is 10.7 Å². The number of likely N-dealkylation sites (tertiary alicyclic amines) is 1. The van der Waals surface area contributed by atoms with Gasteiger partial charge in [-0.05, 0) is 41.8 Å². The third-order valence-electron chi connectivity index (χ3n) is 4.07. The van der Waals surface area contributed by atoms with Gasteiger partial charge in [0.2, 0.25) is 11.7 Å². The third kappa shape index (κ3) is 3.20. The van der Waals surface area contributed by atoms with E-state index in [1.54, 1.807) is 11.3 Å². The van der Waals surface area contributed by atoms with E-state index in [2.05, 4.69) is 15.5 Å². The summed E-state index contributed by atoms with van der Waals surface area (Å²) in [7, 11) is 0. The molecular formula is C16H16N4O2S2. The second-order valence-corrected chi connectivity index (χ2v) is 7.50. The van der Waals surface area contributed by atoms with E-state index in [-0.39, 0.29) is 11.9 Å². The molecule has 4 heterocycles. The molecule has 0 atom stereocenters. The van der Waals surface area contributed by atoms with Crippen molar-refractivity contribution in [2.45, 2.75) is 18.8 Å². The lowest BCUT2D eigenvalue weighted by Gasteiger charge is -2.30. The number of carbonyl (C=O) groups is 1. The van der Waals surface area contributed by atoms with Crippen molar-refractivity contribution in [1.82, 2.24) is 15.0 Å². The monoisotopic (exact) mass is 360 g/mol. The zero-order chi connectivity index (χ0) is 16.4. The van der Waals surface area contributed by atoms with Crippen LogP contribution < -0.4 is 5.32 Å². The Morgan fingerprint density at radius 1 is 1.21 bits per heavy atom. The standard InChI is InChI=1S/C16H16N4O2S2/c21-16(17-13-4-2-10-24-13)20-7-5-11(6-8-20)15-18-14(19-22-15)12-3-1-9-23-12/h1-4,9-11H,5-8H2,(H,17,21). The number of rotatable bonds is 3. The van der Waals surface area contributed by atoms with Crippen LogP contribution in [0.1, 0.15) is 24.7 Å². The molecular weight excluding hydrogens is 344 g/mol. The van der Waals surface area contributed by atoms with E-state index < -0.39 is 0 Å². The van der Waals surface area contributed by atoms with Crippen LogP contribution in [0.25, 0.3) is 10.7 Å². The SMILES string of the molecule is O=C(Nc1cccs1)N1CCC(c2nc(-c3cccs3)no2)CC1. The summed E-state index contributed by atoms with van der Waals surface area (Å²) in [5.41, 5.74) is 0. The predicted octanol–water partition coefficient (Wildman–Crippen LogP) is 4.27. The van der Waals surface area contributed by atoms with E-state index in [0.717, 1.165) is 22.7 Å². The molecule has 1 aliphatic rings. The van der Waals surface area contributed by atoms with E-state index in [0.29, 0.717) is 24.8 Å². The van der Waals surface area contributed by atoms with Crippen LogP contribution in [0.2, 0.25) is 0 Å². The van der Waals surface area contributed by atoms with Gasteiger partial charge in [0.1, 0.15) is 0 Å². The maximum Gasteiger partial charge on any atom is 0.322 e.